The van der Waals surface area contributed by atoms with Gasteiger partial charge in [0.25, 0.3) is 0 Å². The summed E-state index contributed by atoms with van der Waals surface area (Å²) in [5, 5.41) is 0. The molecule has 0 aromatic heterocycles. The maximum Gasteiger partial charge on any atom is 0.477 e. The van der Waals surface area contributed by atoms with E-state index in [2.05, 4.69) is 20.8 Å². The third-order valence-corrected chi connectivity index (χ3v) is 17.7. The van der Waals surface area contributed by atoms with E-state index in [-0.39, 0.29) is 33.0 Å². The van der Waals surface area contributed by atoms with Crippen LogP contribution in [0.4, 0.5) is 0 Å². The summed E-state index contributed by atoms with van der Waals surface area (Å²) in [6.45, 7) is 14.4. The molecule has 0 amide bonds. The Morgan fingerprint density at radius 1 is 0.574 bits per heavy atom. The van der Waals surface area contributed by atoms with Crippen LogP contribution in [0, 0.1) is 0 Å². The zero-order valence-electron chi connectivity index (χ0n) is 41.0. The Morgan fingerprint density at radius 2 is 1.07 bits per heavy atom. The van der Waals surface area contributed by atoms with Crippen LogP contribution < -0.4 is 0 Å². The van der Waals surface area contributed by atoms with Crippen LogP contribution in [0.1, 0.15) is 99.1 Å². The lowest BCUT2D eigenvalue weighted by Crippen LogP contribution is -2.67. The average molecular weight is 997 g/mol. The maximum absolute atomic E-state index is 14.8. The molecule has 2 heterocycles. The highest BCUT2D eigenvalue weighted by Crippen LogP contribution is 2.53. The van der Waals surface area contributed by atoms with Crippen LogP contribution in [0.15, 0.2) is 60.7 Å². The summed E-state index contributed by atoms with van der Waals surface area (Å²) >= 11 is 0. The lowest BCUT2D eigenvalue weighted by atomic mass is 9.96. The van der Waals surface area contributed by atoms with Crippen LogP contribution in [-0.2, 0) is 97.6 Å². The molecule has 0 spiro atoms. The topological polar surface area (TPSA) is 205 Å². The highest BCUT2D eigenvalue weighted by molar-refractivity contribution is 7.48. The van der Waals surface area contributed by atoms with Crippen molar-refractivity contribution < 1.29 is 84.4 Å². The molecule has 4 rings (SSSR count). The Morgan fingerprint density at radius 3 is 1.59 bits per heavy atom. The number of carbonyl (C=O) groups excluding carboxylic acids is 4. The molecular weight excluding hydrogens is 924 g/mol. The highest BCUT2D eigenvalue weighted by atomic mass is 31.2. The van der Waals surface area contributed by atoms with E-state index in [4.69, 9.17) is 60.6 Å². The normalized spacial score (nSPS) is 25.3. The molecule has 2 saturated heterocycles. The van der Waals surface area contributed by atoms with Gasteiger partial charge in [-0.05, 0) is 42.1 Å². The summed E-state index contributed by atoms with van der Waals surface area (Å²) in [5.41, 5.74) is 1.65. The Labute approximate surface area is 402 Å². The van der Waals surface area contributed by atoms with Gasteiger partial charge in [0, 0.05) is 27.7 Å². The number of phosphoric ester groups is 1. The van der Waals surface area contributed by atoms with Crippen molar-refractivity contribution in [2.45, 2.75) is 181 Å². The van der Waals surface area contributed by atoms with Crippen LogP contribution in [0.2, 0.25) is 18.1 Å². The molecule has 10 atom stereocenters. The standard InChI is InChI=1S/C48H73O18PSi/c1-10-15-27-57-67(53,58-28-16-11-2)65-48-46(66-68(12-3,13-4)14-5)43(56-30-38-25-21-18-22-26-38)41(39(63-48)31-54-29-37-23-19-17-20-24-37)64-47-45(61-36(9)52)44(60-35(8)51)42(59-34(7)50)40(62-47)32-55-33(6)49/h17-26,39-48H,10-16,27-32H2,1-9H3/t39-,40-,41-,42+,43+,44+,45-,46-,47+,48+/m1/s1. The molecule has 0 bridgehead atoms. The highest BCUT2D eigenvalue weighted by Gasteiger charge is 2.58. The van der Waals surface area contributed by atoms with Gasteiger partial charge < -0.3 is 47.1 Å². The number of carbonyl (C=O) groups is 4. The lowest BCUT2D eigenvalue weighted by molar-refractivity contribution is -0.358. The van der Waals surface area contributed by atoms with Crippen molar-refractivity contribution >= 4 is 40.0 Å². The van der Waals surface area contributed by atoms with Crippen LogP contribution in [0.3, 0.4) is 0 Å². The second-order valence-electron chi connectivity index (χ2n) is 16.7. The van der Waals surface area contributed by atoms with Crippen molar-refractivity contribution in [1.29, 1.82) is 0 Å². The van der Waals surface area contributed by atoms with E-state index in [9.17, 15) is 23.7 Å². The van der Waals surface area contributed by atoms with E-state index >= 15 is 0 Å². The summed E-state index contributed by atoms with van der Waals surface area (Å²) < 4.78 is 96.7. The van der Waals surface area contributed by atoms with Gasteiger partial charge in [-0.1, -0.05) is 108 Å². The van der Waals surface area contributed by atoms with E-state index in [1.54, 1.807) is 0 Å². The molecule has 0 unspecified atom stereocenters. The first-order valence-corrected chi connectivity index (χ1v) is 27.7. The second-order valence-corrected chi connectivity index (χ2v) is 23.1. The number of hydrogen-bond donors (Lipinski definition) is 0. The number of phosphoric acid groups is 1. The third-order valence-electron chi connectivity index (χ3n) is 11.6. The van der Waals surface area contributed by atoms with Crippen LogP contribution in [0.5, 0.6) is 0 Å². The molecule has 2 aliphatic heterocycles. The number of unbranched alkanes of at least 4 members (excludes halogenated alkanes) is 2. The molecule has 20 heteroatoms. The summed E-state index contributed by atoms with van der Waals surface area (Å²) in [5.74, 6) is -3.09. The molecule has 0 radical (unpaired) electrons. The Bertz CT molecular complexity index is 1850. The molecule has 2 aliphatic rings. The zero-order chi connectivity index (χ0) is 49.7. The van der Waals surface area contributed by atoms with E-state index in [1.807, 2.05) is 74.5 Å². The van der Waals surface area contributed by atoms with Gasteiger partial charge in [0.1, 0.15) is 37.1 Å². The van der Waals surface area contributed by atoms with E-state index in [1.165, 1.54) is 6.92 Å². The van der Waals surface area contributed by atoms with Gasteiger partial charge in [0.05, 0.1) is 33.0 Å². The first-order chi connectivity index (χ1) is 32.6. The summed E-state index contributed by atoms with van der Waals surface area (Å²) in [6, 6.07) is 20.9. The number of hydrogen-bond acceptors (Lipinski definition) is 18. The van der Waals surface area contributed by atoms with Crippen molar-refractivity contribution in [3.63, 3.8) is 0 Å². The van der Waals surface area contributed by atoms with E-state index in [0.29, 0.717) is 31.0 Å². The minimum absolute atomic E-state index is 0.0186. The molecule has 0 saturated carbocycles. The zero-order valence-corrected chi connectivity index (χ0v) is 42.9. The number of benzene rings is 2. The van der Waals surface area contributed by atoms with Gasteiger partial charge in [-0.25, -0.2) is 4.57 Å². The lowest BCUT2D eigenvalue weighted by Gasteiger charge is -2.51. The van der Waals surface area contributed by atoms with Crippen molar-refractivity contribution in [3.05, 3.63) is 71.8 Å². The van der Waals surface area contributed by atoms with E-state index in [0.717, 1.165) is 44.7 Å². The Hall–Kier alpha value is -3.59. The van der Waals surface area contributed by atoms with Gasteiger partial charge in [0.15, 0.2) is 39.2 Å². The molecule has 2 aromatic rings. The van der Waals surface area contributed by atoms with Crippen LogP contribution in [0.25, 0.3) is 0 Å². The fraction of sp³-hybridized carbons (Fsp3) is 0.667. The van der Waals surface area contributed by atoms with Crippen molar-refractivity contribution in [2.24, 2.45) is 0 Å². The molecule has 68 heavy (non-hydrogen) atoms. The summed E-state index contributed by atoms with van der Waals surface area (Å²) in [4.78, 5) is 50.5. The predicted octanol–water partition coefficient (Wildman–Crippen LogP) is 8.13. The van der Waals surface area contributed by atoms with Crippen LogP contribution in [-0.4, -0.2) is 120 Å². The van der Waals surface area contributed by atoms with Gasteiger partial charge in [-0.3, -0.25) is 32.7 Å². The monoisotopic (exact) mass is 996 g/mol. The molecule has 2 fully saturated rings. The Kier molecular flexibility index (Phi) is 24.2. The molecule has 18 nitrogen and oxygen atoms in total. The SMILES string of the molecule is CCCCOP(=O)(OCCCC)O[C@@H]1O[C@H](COCc2ccccc2)[C@@H](O[C@@H]2O[C@H](COC(C)=O)[C@H](OC(C)=O)[C@H](OC(C)=O)[C@H]2OC(C)=O)[C@H](OCc2ccccc2)[C@H]1O[Si](CC)(CC)CC. The van der Waals surface area contributed by atoms with Crippen molar-refractivity contribution in [1.82, 2.24) is 0 Å². The third kappa shape index (κ3) is 17.7. The smallest absolute Gasteiger partial charge is 0.463 e. The number of ether oxygens (including phenoxy) is 9. The van der Waals surface area contributed by atoms with Crippen molar-refractivity contribution in [3.8, 4) is 0 Å². The van der Waals surface area contributed by atoms with Crippen LogP contribution >= 0.6 is 7.82 Å². The minimum Gasteiger partial charge on any atom is -0.463 e. The van der Waals surface area contributed by atoms with Gasteiger partial charge in [-0.15, -0.1) is 0 Å². The number of rotatable bonds is 29. The largest absolute Gasteiger partial charge is 0.477 e. The molecule has 0 aliphatic carbocycles. The van der Waals surface area contributed by atoms with Crippen molar-refractivity contribution in [2.75, 3.05) is 26.4 Å². The fourth-order valence-electron chi connectivity index (χ4n) is 7.82. The Balaban J connectivity index is 1.96. The summed E-state index contributed by atoms with van der Waals surface area (Å²) in [7, 11) is -7.05. The number of esters is 4. The van der Waals surface area contributed by atoms with E-state index < -0.39 is 108 Å². The fourth-order valence-corrected chi connectivity index (χ4v) is 12.0. The first-order valence-electron chi connectivity index (χ1n) is 23.7. The van der Waals surface area contributed by atoms with Gasteiger partial charge in [-0.2, -0.15) is 0 Å². The molecule has 0 N–H and O–H groups in total. The molecule has 382 valence electrons. The predicted molar refractivity (Wildman–Crippen MR) is 249 cm³/mol. The maximum atomic E-state index is 14.8. The molecular formula is C48H73O18PSi. The molecule has 2 aromatic carbocycles. The summed E-state index contributed by atoms with van der Waals surface area (Å²) in [6.07, 6.45) is -11.1. The average Bonchev–Trinajstić information content (AvgIpc) is 3.30. The second kappa shape index (κ2) is 28.9. The minimum atomic E-state index is -4.36. The first kappa shape index (κ1) is 57.0. The van der Waals surface area contributed by atoms with Gasteiger partial charge >= 0.3 is 31.7 Å². The van der Waals surface area contributed by atoms with Gasteiger partial charge in [0.2, 0.25) is 0 Å². The quantitative estimate of drug-likeness (QED) is 0.0248.